The van der Waals surface area contributed by atoms with Crippen molar-refractivity contribution in [1.29, 1.82) is 0 Å². The lowest BCUT2D eigenvalue weighted by Gasteiger charge is -2.36. The fourth-order valence-corrected chi connectivity index (χ4v) is 2.85. The summed E-state index contributed by atoms with van der Waals surface area (Å²) in [6.45, 7) is 14.7. The summed E-state index contributed by atoms with van der Waals surface area (Å²) in [4.78, 5) is 0. The third kappa shape index (κ3) is 5.25. The molecular formula is C16H33N. The van der Waals surface area contributed by atoms with Crippen molar-refractivity contribution in [3.05, 3.63) is 11.6 Å². The molecule has 0 spiro atoms. The molecule has 0 aliphatic heterocycles. The molecule has 17 heavy (non-hydrogen) atoms. The molecule has 0 saturated heterocycles. The number of hydrogen-bond acceptors (Lipinski definition) is 1. The molecule has 1 heteroatoms. The predicted octanol–water partition coefficient (Wildman–Crippen LogP) is 4.77. The summed E-state index contributed by atoms with van der Waals surface area (Å²) >= 11 is 0. The minimum atomic E-state index is 0.387. The van der Waals surface area contributed by atoms with E-state index in [1.165, 1.54) is 25.7 Å². The molecule has 0 bridgehead atoms. The largest absolute Gasteiger partial charge is 0.327 e. The summed E-state index contributed by atoms with van der Waals surface area (Å²) in [6, 6.07) is 0. The lowest BCUT2D eigenvalue weighted by molar-refractivity contribution is 0.227. The number of allylic oxidation sites excluding steroid dienone is 1. The third-order valence-electron chi connectivity index (χ3n) is 4.21. The summed E-state index contributed by atoms with van der Waals surface area (Å²) < 4.78 is 0. The first kappa shape index (κ1) is 16.7. The second kappa shape index (κ2) is 7.92. The van der Waals surface area contributed by atoms with Gasteiger partial charge in [0.15, 0.2) is 0 Å². The topological polar surface area (TPSA) is 26.0 Å². The first-order valence-corrected chi connectivity index (χ1v) is 7.30. The van der Waals surface area contributed by atoms with Crippen molar-refractivity contribution < 1.29 is 0 Å². The Bertz CT molecular complexity index is 228. The Labute approximate surface area is 109 Å². The molecule has 0 fully saturated rings. The van der Waals surface area contributed by atoms with Crippen LogP contribution in [0.15, 0.2) is 11.6 Å². The van der Waals surface area contributed by atoms with Gasteiger partial charge in [0.05, 0.1) is 0 Å². The second-order valence-corrected chi connectivity index (χ2v) is 6.09. The minimum Gasteiger partial charge on any atom is -0.327 e. The molecule has 0 aromatic heterocycles. The maximum atomic E-state index is 5.74. The number of nitrogens with two attached hydrogens (primary N) is 1. The Balaban J connectivity index is 4.88. The van der Waals surface area contributed by atoms with E-state index in [-0.39, 0.29) is 0 Å². The van der Waals surface area contributed by atoms with Crippen LogP contribution < -0.4 is 5.73 Å². The first-order chi connectivity index (χ1) is 7.90. The van der Waals surface area contributed by atoms with Crippen molar-refractivity contribution in [2.75, 3.05) is 6.54 Å². The second-order valence-electron chi connectivity index (χ2n) is 6.09. The van der Waals surface area contributed by atoms with Crippen LogP contribution in [-0.4, -0.2) is 6.54 Å². The maximum Gasteiger partial charge on any atom is 0.0109 e. The summed E-state index contributed by atoms with van der Waals surface area (Å²) in [5, 5.41) is 0. The van der Waals surface area contributed by atoms with Gasteiger partial charge in [-0.3, -0.25) is 0 Å². The van der Waals surface area contributed by atoms with E-state index in [0.717, 1.165) is 0 Å². The van der Waals surface area contributed by atoms with Crippen molar-refractivity contribution in [3.63, 3.8) is 0 Å². The molecule has 0 aromatic rings. The normalized spacial score (nSPS) is 17.0. The summed E-state index contributed by atoms with van der Waals surface area (Å²) in [6.07, 6.45) is 7.34. The molecule has 0 heterocycles. The van der Waals surface area contributed by atoms with Gasteiger partial charge in [-0.2, -0.15) is 0 Å². The predicted molar refractivity (Wildman–Crippen MR) is 79.1 cm³/mol. The molecule has 102 valence electrons. The average molecular weight is 239 g/mol. The van der Waals surface area contributed by atoms with Gasteiger partial charge in [-0.1, -0.05) is 66.0 Å². The van der Waals surface area contributed by atoms with Gasteiger partial charge in [0, 0.05) is 6.54 Å². The Morgan fingerprint density at radius 1 is 1.18 bits per heavy atom. The minimum absolute atomic E-state index is 0.387. The number of rotatable bonds is 8. The van der Waals surface area contributed by atoms with Crippen LogP contribution in [0.1, 0.15) is 67.2 Å². The van der Waals surface area contributed by atoms with Crippen LogP contribution in [0.5, 0.6) is 0 Å². The van der Waals surface area contributed by atoms with Crippen molar-refractivity contribution in [1.82, 2.24) is 0 Å². The van der Waals surface area contributed by atoms with Crippen molar-refractivity contribution in [3.8, 4) is 0 Å². The SMILES string of the molecule is CCCC(C)/C(=C/CN)C(C)C(C)(C)CCC. The molecule has 1 nitrogen and oxygen atoms in total. The van der Waals surface area contributed by atoms with Crippen LogP contribution in [0, 0.1) is 17.3 Å². The molecule has 2 atom stereocenters. The standard InChI is InChI=1S/C16H33N/c1-7-9-13(3)15(10-12-17)14(4)16(5,6)11-8-2/h10,13-14H,7-9,11-12,17H2,1-6H3/b15-10-. The van der Waals surface area contributed by atoms with E-state index in [2.05, 4.69) is 47.6 Å². The molecule has 2 N–H and O–H groups in total. The fourth-order valence-electron chi connectivity index (χ4n) is 2.85. The summed E-state index contributed by atoms with van der Waals surface area (Å²) in [5.41, 5.74) is 7.71. The highest BCUT2D eigenvalue weighted by Gasteiger charge is 2.29. The molecule has 0 aliphatic rings. The van der Waals surface area contributed by atoms with Crippen LogP contribution in [0.2, 0.25) is 0 Å². The van der Waals surface area contributed by atoms with Crippen LogP contribution in [0.3, 0.4) is 0 Å². The molecule has 0 aromatic carbocycles. The van der Waals surface area contributed by atoms with Gasteiger partial charge >= 0.3 is 0 Å². The summed E-state index contributed by atoms with van der Waals surface area (Å²) in [5.74, 6) is 1.31. The molecular weight excluding hydrogens is 206 g/mol. The van der Waals surface area contributed by atoms with E-state index >= 15 is 0 Å². The van der Waals surface area contributed by atoms with Gasteiger partial charge in [0.1, 0.15) is 0 Å². The lowest BCUT2D eigenvalue weighted by atomic mass is 9.69. The average Bonchev–Trinajstić information content (AvgIpc) is 2.25. The quantitative estimate of drug-likeness (QED) is 0.607. The Kier molecular flexibility index (Phi) is 7.78. The highest BCUT2D eigenvalue weighted by Crippen LogP contribution is 2.39. The van der Waals surface area contributed by atoms with Gasteiger partial charge in [0.25, 0.3) is 0 Å². The van der Waals surface area contributed by atoms with E-state index in [4.69, 9.17) is 5.73 Å². The maximum absolute atomic E-state index is 5.74. The van der Waals surface area contributed by atoms with E-state index in [9.17, 15) is 0 Å². The molecule has 0 radical (unpaired) electrons. The Hall–Kier alpha value is -0.300. The van der Waals surface area contributed by atoms with E-state index in [0.29, 0.717) is 23.8 Å². The van der Waals surface area contributed by atoms with Gasteiger partial charge in [0.2, 0.25) is 0 Å². The monoisotopic (exact) mass is 239 g/mol. The first-order valence-electron chi connectivity index (χ1n) is 7.30. The smallest absolute Gasteiger partial charge is 0.0109 e. The molecule has 2 unspecified atom stereocenters. The summed E-state index contributed by atoms with van der Waals surface area (Å²) in [7, 11) is 0. The van der Waals surface area contributed by atoms with Crippen molar-refractivity contribution in [2.24, 2.45) is 23.0 Å². The van der Waals surface area contributed by atoms with Gasteiger partial charge in [-0.25, -0.2) is 0 Å². The van der Waals surface area contributed by atoms with Gasteiger partial charge in [-0.05, 0) is 30.1 Å². The Morgan fingerprint density at radius 3 is 2.18 bits per heavy atom. The molecule has 0 rings (SSSR count). The van der Waals surface area contributed by atoms with Crippen molar-refractivity contribution >= 4 is 0 Å². The lowest BCUT2D eigenvalue weighted by Crippen LogP contribution is -2.26. The number of hydrogen-bond donors (Lipinski definition) is 1. The molecule has 0 aliphatic carbocycles. The van der Waals surface area contributed by atoms with E-state index in [1.807, 2.05) is 0 Å². The molecule has 0 saturated carbocycles. The fraction of sp³-hybridized carbons (Fsp3) is 0.875. The van der Waals surface area contributed by atoms with E-state index in [1.54, 1.807) is 5.57 Å². The van der Waals surface area contributed by atoms with Crippen LogP contribution in [0.25, 0.3) is 0 Å². The zero-order valence-corrected chi connectivity index (χ0v) is 12.8. The Morgan fingerprint density at radius 2 is 1.76 bits per heavy atom. The third-order valence-corrected chi connectivity index (χ3v) is 4.21. The van der Waals surface area contributed by atoms with Gasteiger partial charge in [-0.15, -0.1) is 0 Å². The van der Waals surface area contributed by atoms with Gasteiger partial charge < -0.3 is 5.73 Å². The zero-order valence-electron chi connectivity index (χ0n) is 12.8. The highest BCUT2D eigenvalue weighted by molar-refractivity contribution is 5.13. The van der Waals surface area contributed by atoms with Crippen molar-refractivity contribution in [2.45, 2.75) is 67.2 Å². The van der Waals surface area contributed by atoms with Crippen LogP contribution in [-0.2, 0) is 0 Å². The zero-order chi connectivity index (χ0) is 13.5. The molecule has 0 amide bonds. The highest BCUT2D eigenvalue weighted by atomic mass is 14.5. The van der Waals surface area contributed by atoms with Crippen LogP contribution >= 0.6 is 0 Å². The van der Waals surface area contributed by atoms with Crippen LogP contribution in [0.4, 0.5) is 0 Å². The van der Waals surface area contributed by atoms with E-state index < -0.39 is 0 Å².